The van der Waals surface area contributed by atoms with Crippen LogP contribution in [0.2, 0.25) is 0 Å². The summed E-state index contributed by atoms with van der Waals surface area (Å²) in [6.07, 6.45) is 2.89. The molecule has 0 fully saturated rings. The lowest BCUT2D eigenvalue weighted by Gasteiger charge is -2.10. The highest BCUT2D eigenvalue weighted by Crippen LogP contribution is 2.05. The fraction of sp³-hybridized carbons (Fsp3) is 0. The van der Waals surface area contributed by atoms with Gasteiger partial charge in [0, 0.05) is 24.1 Å². The molecule has 0 aromatic rings. The molecule has 1 heterocycles. The molecule has 0 unspecified atom stereocenters. The molecule has 6 heavy (non-hydrogen) atoms. The van der Waals surface area contributed by atoms with Crippen molar-refractivity contribution in [3.05, 3.63) is 12.3 Å². The molecular formula is C3H2ClNO. The Morgan fingerprint density at radius 1 is 1.83 bits per heavy atom. The summed E-state index contributed by atoms with van der Waals surface area (Å²) in [6.45, 7) is 0. The second kappa shape index (κ2) is 0.980. The van der Waals surface area contributed by atoms with Crippen LogP contribution >= 0.6 is 11.8 Å². The third-order valence-corrected chi connectivity index (χ3v) is 0.838. The molecule has 0 atom stereocenters. The number of hydrogen-bond donors (Lipinski definition) is 0. The van der Waals surface area contributed by atoms with Crippen molar-refractivity contribution in [3.63, 3.8) is 0 Å². The number of carbonyl (C=O) groups excluding carboxylic acids is 1. The Bertz CT molecular complexity index is 109. The minimum atomic E-state index is -0.142. The molecule has 2 nitrogen and oxygen atoms in total. The largest absolute Gasteiger partial charge is 0.268 e. The van der Waals surface area contributed by atoms with Gasteiger partial charge in [0.05, 0.1) is 0 Å². The quantitative estimate of drug-likeness (QED) is 0.409. The van der Waals surface area contributed by atoms with Crippen LogP contribution in [0.4, 0.5) is 0 Å². The fourth-order valence-electron chi connectivity index (χ4n) is 0.192. The normalized spacial score (nSPS) is 18.2. The van der Waals surface area contributed by atoms with Gasteiger partial charge >= 0.3 is 0 Å². The van der Waals surface area contributed by atoms with Crippen molar-refractivity contribution in [2.75, 3.05) is 0 Å². The van der Waals surface area contributed by atoms with Crippen LogP contribution in [-0.4, -0.2) is 10.3 Å². The first-order valence-corrected chi connectivity index (χ1v) is 1.82. The monoisotopic (exact) mass is 103 g/mol. The number of hydrogen-bond acceptors (Lipinski definition) is 1. The first-order valence-electron chi connectivity index (χ1n) is 1.48. The molecule has 1 aliphatic heterocycles. The highest BCUT2D eigenvalue weighted by Gasteiger charge is 2.10. The van der Waals surface area contributed by atoms with E-state index in [1.165, 1.54) is 12.3 Å². The van der Waals surface area contributed by atoms with Crippen molar-refractivity contribution in [2.24, 2.45) is 0 Å². The zero-order valence-electron chi connectivity index (χ0n) is 2.89. The Labute approximate surface area is 40.1 Å². The van der Waals surface area contributed by atoms with Gasteiger partial charge in [-0.25, -0.2) is 4.42 Å². The average molecular weight is 104 g/mol. The average Bonchev–Trinajstić information content (AvgIpc) is 1.61. The molecular weight excluding hydrogens is 101 g/mol. The summed E-state index contributed by atoms with van der Waals surface area (Å²) in [6, 6.07) is 0. The molecule has 0 aromatic carbocycles. The smallest absolute Gasteiger partial charge is 0.266 e. The molecule has 0 radical (unpaired) electrons. The van der Waals surface area contributed by atoms with E-state index in [2.05, 4.69) is 0 Å². The summed E-state index contributed by atoms with van der Waals surface area (Å²) in [5.41, 5.74) is 0. The van der Waals surface area contributed by atoms with Crippen molar-refractivity contribution >= 4 is 17.7 Å². The minimum Gasteiger partial charge on any atom is -0.268 e. The second-order valence-corrected chi connectivity index (χ2v) is 1.33. The predicted octanol–water partition coefficient (Wildman–Crippen LogP) is 0.496. The van der Waals surface area contributed by atoms with Crippen molar-refractivity contribution in [1.29, 1.82) is 0 Å². The third kappa shape index (κ3) is 0.303. The summed E-state index contributed by atoms with van der Waals surface area (Å²) in [5, 5.41) is 0. The van der Waals surface area contributed by atoms with E-state index in [9.17, 15) is 4.79 Å². The molecule has 0 aromatic heterocycles. The molecule has 0 spiro atoms. The van der Waals surface area contributed by atoms with Gasteiger partial charge in [0.15, 0.2) is 0 Å². The van der Waals surface area contributed by atoms with Gasteiger partial charge in [-0.1, -0.05) is 0 Å². The Morgan fingerprint density at radius 2 is 2.33 bits per heavy atom. The lowest BCUT2D eigenvalue weighted by atomic mass is 10.4. The van der Waals surface area contributed by atoms with E-state index >= 15 is 0 Å². The van der Waals surface area contributed by atoms with Gasteiger partial charge < -0.3 is 0 Å². The van der Waals surface area contributed by atoms with Crippen molar-refractivity contribution < 1.29 is 4.79 Å². The first kappa shape index (κ1) is 3.68. The molecule has 32 valence electrons. The Balaban J connectivity index is 2.67. The Kier molecular flexibility index (Phi) is 0.601. The highest BCUT2D eigenvalue weighted by molar-refractivity contribution is 6.26. The standard InChI is InChI=1S/C3H2ClNO/c4-5-2-1-3(5)6/h1-2H. The minimum absolute atomic E-state index is 0.142. The van der Waals surface area contributed by atoms with E-state index in [4.69, 9.17) is 11.8 Å². The lowest BCUT2D eigenvalue weighted by Crippen LogP contribution is -2.20. The second-order valence-electron chi connectivity index (χ2n) is 0.965. The number of rotatable bonds is 0. The Morgan fingerprint density at radius 3 is 2.33 bits per heavy atom. The van der Waals surface area contributed by atoms with Crippen LogP contribution in [0.1, 0.15) is 0 Å². The summed E-state index contributed by atoms with van der Waals surface area (Å²) in [5.74, 6) is -0.142. The van der Waals surface area contributed by atoms with Crippen molar-refractivity contribution in [3.8, 4) is 0 Å². The molecule has 1 amide bonds. The zero-order chi connectivity index (χ0) is 4.57. The van der Waals surface area contributed by atoms with Gasteiger partial charge in [0.25, 0.3) is 5.91 Å². The van der Waals surface area contributed by atoms with Crippen molar-refractivity contribution in [1.82, 2.24) is 4.42 Å². The van der Waals surface area contributed by atoms with Crippen LogP contribution in [0.3, 0.4) is 0 Å². The van der Waals surface area contributed by atoms with Crippen LogP contribution in [0.25, 0.3) is 0 Å². The van der Waals surface area contributed by atoms with E-state index in [1.54, 1.807) is 0 Å². The summed E-state index contributed by atoms with van der Waals surface area (Å²) < 4.78 is 1.00. The van der Waals surface area contributed by atoms with Crippen LogP contribution in [0.15, 0.2) is 12.3 Å². The number of nitrogens with zero attached hydrogens (tertiary/aromatic N) is 1. The molecule has 0 bridgehead atoms. The molecule has 1 rings (SSSR count). The van der Waals surface area contributed by atoms with Gasteiger partial charge in [0.2, 0.25) is 0 Å². The molecule has 0 saturated carbocycles. The van der Waals surface area contributed by atoms with Gasteiger partial charge in [-0.05, 0) is 0 Å². The van der Waals surface area contributed by atoms with E-state index in [-0.39, 0.29) is 5.91 Å². The SMILES string of the molecule is O=C1C=CN1Cl. The molecule has 0 saturated heterocycles. The molecule has 3 heteroatoms. The van der Waals surface area contributed by atoms with Crippen LogP contribution in [0.5, 0.6) is 0 Å². The van der Waals surface area contributed by atoms with E-state index in [1.807, 2.05) is 0 Å². The predicted molar refractivity (Wildman–Crippen MR) is 21.8 cm³/mol. The van der Waals surface area contributed by atoms with Gasteiger partial charge in [0.1, 0.15) is 0 Å². The lowest BCUT2D eigenvalue weighted by molar-refractivity contribution is -0.122. The van der Waals surface area contributed by atoms with Crippen LogP contribution < -0.4 is 0 Å². The maximum Gasteiger partial charge on any atom is 0.266 e. The molecule has 0 N–H and O–H groups in total. The number of halogens is 1. The van der Waals surface area contributed by atoms with Crippen LogP contribution in [0, 0.1) is 0 Å². The topological polar surface area (TPSA) is 20.3 Å². The number of amides is 1. The number of carbonyl (C=O) groups is 1. The third-order valence-electron chi connectivity index (χ3n) is 0.559. The summed E-state index contributed by atoms with van der Waals surface area (Å²) in [4.78, 5) is 9.94. The van der Waals surface area contributed by atoms with Crippen molar-refractivity contribution in [2.45, 2.75) is 0 Å². The molecule has 0 aliphatic carbocycles. The zero-order valence-corrected chi connectivity index (χ0v) is 3.64. The first-order chi connectivity index (χ1) is 2.80. The highest BCUT2D eigenvalue weighted by atomic mass is 35.5. The maximum atomic E-state index is 9.94. The van der Waals surface area contributed by atoms with Gasteiger partial charge in [-0.15, -0.1) is 0 Å². The fourth-order valence-corrected chi connectivity index (χ4v) is 0.304. The Hall–Kier alpha value is -0.500. The van der Waals surface area contributed by atoms with Gasteiger partial charge in [-0.2, -0.15) is 0 Å². The van der Waals surface area contributed by atoms with E-state index < -0.39 is 0 Å². The summed E-state index contributed by atoms with van der Waals surface area (Å²) >= 11 is 5.10. The maximum absolute atomic E-state index is 9.94. The van der Waals surface area contributed by atoms with Gasteiger partial charge in [-0.3, -0.25) is 4.79 Å². The van der Waals surface area contributed by atoms with Crippen LogP contribution in [-0.2, 0) is 4.79 Å². The van der Waals surface area contributed by atoms with E-state index in [0.717, 1.165) is 4.42 Å². The molecule has 1 aliphatic rings. The van der Waals surface area contributed by atoms with E-state index in [0.29, 0.717) is 0 Å². The summed E-state index contributed by atoms with van der Waals surface area (Å²) in [7, 11) is 0.